The van der Waals surface area contributed by atoms with Crippen LogP contribution in [0.3, 0.4) is 0 Å². The van der Waals surface area contributed by atoms with Gasteiger partial charge < -0.3 is 9.64 Å². The summed E-state index contributed by atoms with van der Waals surface area (Å²) in [6, 6.07) is 8.38. The predicted octanol–water partition coefficient (Wildman–Crippen LogP) is 4.01. The third-order valence-corrected chi connectivity index (χ3v) is 10.8. The first-order valence-corrected chi connectivity index (χ1v) is 16.6. The topological polar surface area (TPSA) is 91.8 Å². The van der Waals surface area contributed by atoms with Gasteiger partial charge in [-0.05, 0) is 25.5 Å². The molecule has 0 bridgehead atoms. The lowest BCUT2D eigenvalue weighted by atomic mass is 10.1. The van der Waals surface area contributed by atoms with Gasteiger partial charge in [0.15, 0.2) is 11.6 Å². The van der Waals surface area contributed by atoms with Crippen molar-refractivity contribution < 1.29 is 13.2 Å². The van der Waals surface area contributed by atoms with Gasteiger partial charge in [0, 0.05) is 61.6 Å². The molecule has 4 aromatic rings. The van der Waals surface area contributed by atoms with E-state index in [0.29, 0.717) is 45.2 Å². The van der Waals surface area contributed by atoms with E-state index in [-0.39, 0.29) is 0 Å². The van der Waals surface area contributed by atoms with Crippen molar-refractivity contribution >= 4 is 48.7 Å². The molecule has 2 saturated heterocycles. The Morgan fingerprint density at radius 2 is 1.77 bits per heavy atom. The van der Waals surface area contributed by atoms with E-state index in [4.69, 9.17) is 19.7 Å². The molecule has 0 saturated carbocycles. The van der Waals surface area contributed by atoms with Crippen LogP contribution in [-0.2, 0) is 21.3 Å². The molecule has 0 unspecified atom stereocenters. The van der Waals surface area contributed by atoms with Crippen LogP contribution in [0, 0.1) is 13.8 Å². The summed E-state index contributed by atoms with van der Waals surface area (Å²) in [5, 5.41) is 3.01. The predicted molar refractivity (Wildman–Crippen MR) is 158 cm³/mol. The van der Waals surface area contributed by atoms with E-state index in [1.807, 2.05) is 5.38 Å². The lowest BCUT2D eigenvalue weighted by Crippen LogP contribution is -2.47. The molecule has 0 atom stereocenters. The number of hydrogen-bond acceptors (Lipinski definition) is 10. The minimum Gasteiger partial charge on any atom is -0.378 e. The number of ether oxygens (including phenoxy) is 1. The highest BCUT2D eigenvalue weighted by atomic mass is 32.2. The molecule has 39 heavy (non-hydrogen) atoms. The molecule has 0 N–H and O–H groups in total. The Bertz CT molecular complexity index is 1600. The van der Waals surface area contributed by atoms with Gasteiger partial charge in [-0.2, -0.15) is 4.31 Å². The molecule has 9 nitrogen and oxygen atoms in total. The van der Waals surface area contributed by atoms with Gasteiger partial charge in [-0.15, -0.1) is 22.7 Å². The zero-order valence-corrected chi connectivity index (χ0v) is 24.8. The fourth-order valence-corrected chi connectivity index (χ4v) is 8.01. The van der Waals surface area contributed by atoms with Crippen LogP contribution in [0.5, 0.6) is 0 Å². The van der Waals surface area contributed by atoms with Crippen LogP contribution < -0.4 is 4.90 Å². The van der Waals surface area contributed by atoms with E-state index in [2.05, 4.69) is 47.9 Å². The standard InChI is InChI=1S/C27H32N6O3S3/c1-18-5-4-6-20(15-18)27-28-21(17-37-27)25-29-23-19(2)22(16-31-7-9-33(10-8-31)39(3,34)35)38-24(23)26(30-25)32-11-13-36-14-12-32/h4-6,15,17H,7-14,16H2,1-3H3. The third kappa shape index (κ3) is 5.59. The second-order valence-electron chi connectivity index (χ2n) is 10.1. The molecule has 6 rings (SSSR count). The van der Waals surface area contributed by atoms with Gasteiger partial charge in [-0.3, -0.25) is 4.90 Å². The molecule has 0 aliphatic carbocycles. The molecule has 206 valence electrons. The maximum atomic E-state index is 11.9. The summed E-state index contributed by atoms with van der Waals surface area (Å²) in [7, 11) is -3.15. The quantitative estimate of drug-likeness (QED) is 0.336. The summed E-state index contributed by atoms with van der Waals surface area (Å²) in [6.45, 7) is 10.4. The molecule has 0 radical (unpaired) electrons. The molecule has 2 aliphatic rings. The highest BCUT2D eigenvalue weighted by molar-refractivity contribution is 7.88. The average Bonchev–Trinajstić information content (AvgIpc) is 3.54. The van der Waals surface area contributed by atoms with Crippen LogP contribution in [0.1, 0.15) is 16.0 Å². The van der Waals surface area contributed by atoms with Gasteiger partial charge in [0.1, 0.15) is 10.7 Å². The van der Waals surface area contributed by atoms with E-state index < -0.39 is 10.0 Å². The molecule has 3 aromatic heterocycles. The minimum absolute atomic E-state index is 0.527. The Morgan fingerprint density at radius 1 is 1.00 bits per heavy atom. The lowest BCUT2D eigenvalue weighted by molar-refractivity contribution is 0.122. The Labute approximate surface area is 237 Å². The normalized spacial score (nSPS) is 17.8. The zero-order valence-electron chi connectivity index (χ0n) is 22.4. The third-order valence-electron chi connectivity index (χ3n) is 7.32. The summed E-state index contributed by atoms with van der Waals surface area (Å²) in [5.74, 6) is 1.60. The molecule has 12 heteroatoms. The number of piperazine rings is 1. The van der Waals surface area contributed by atoms with Crippen molar-refractivity contribution in [2.45, 2.75) is 20.4 Å². The van der Waals surface area contributed by atoms with Crippen LogP contribution in [0.2, 0.25) is 0 Å². The van der Waals surface area contributed by atoms with Crippen LogP contribution in [0.25, 0.3) is 32.3 Å². The van der Waals surface area contributed by atoms with Crippen molar-refractivity contribution in [3.8, 4) is 22.1 Å². The number of hydrogen-bond donors (Lipinski definition) is 0. The zero-order chi connectivity index (χ0) is 27.1. The molecule has 5 heterocycles. The molecular formula is C27H32N6O3S3. The maximum Gasteiger partial charge on any atom is 0.211 e. The molecule has 2 aliphatic heterocycles. The van der Waals surface area contributed by atoms with Crippen molar-refractivity contribution in [3.05, 3.63) is 45.6 Å². The SMILES string of the molecule is Cc1cccc(-c2nc(-c3nc(N4CCOCC4)c4sc(CN5CCN(S(C)(=O)=O)CC5)c(C)c4n3)cs2)c1. The van der Waals surface area contributed by atoms with Crippen molar-refractivity contribution in [1.82, 2.24) is 24.2 Å². The van der Waals surface area contributed by atoms with E-state index in [1.54, 1.807) is 27.0 Å². The smallest absolute Gasteiger partial charge is 0.211 e. The minimum atomic E-state index is -3.15. The fourth-order valence-electron chi connectivity index (χ4n) is 5.08. The van der Waals surface area contributed by atoms with Gasteiger partial charge >= 0.3 is 0 Å². The van der Waals surface area contributed by atoms with Crippen LogP contribution in [0.4, 0.5) is 5.82 Å². The van der Waals surface area contributed by atoms with Gasteiger partial charge in [-0.25, -0.2) is 23.4 Å². The van der Waals surface area contributed by atoms with Crippen LogP contribution >= 0.6 is 22.7 Å². The van der Waals surface area contributed by atoms with Crippen LogP contribution in [0.15, 0.2) is 29.6 Å². The number of rotatable bonds is 6. The second-order valence-corrected chi connectivity index (χ2v) is 14.1. The maximum absolute atomic E-state index is 11.9. The Morgan fingerprint density at radius 3 is 2.49 bits per heavy atom. The number of sulfonamides is 1. The van der Waals surface area contributed by atoms with Gasteiger partial charge in [0.05, 0.1) is 29.7 Å². The van der Waals surface area contributed by atoms with E-state index in [0.717, 1.165) is 57.5 Å². The van der Waals surface area contributed by atoms with Crippen LogP contribution in [-0.4, -0.2) is 91.3 Å². The van der Waals surface area contributed by atoms with E-state index in [1.165, 1.54) is 16.7 Å². The highest BCUT2D eigenvalue weighted by Crippen LogP contribution is 2.39. The number of morpholine rings is 1. The van der Waals surface area contributed by atoms with Gasteiger partial charge in [0.2, 0.25) is 10.0 Å². The monoisotopic (exact) mass is 584 g/mol. The number of thiazole rings is 1. The number of aryl methyl sites for hydroxylation is 2. The Balaban J connectivity index is 1.35. The fraction of sp³-hybridized carbons (Fsp3) is 0.444. The van der Waals surface area contributed by atoms with Crippen molar-refractivity contribution in [2.75, 3.05) is 63.6 Å². The first-order valence-electron chi connectivity index (χ1n) is 13.1. The van der Waals surface area contributed by atoms with E-state index >= 15 is 0 Å². The Kier molecular flexibility index (Phi) is 7.42. The number of aromatic nitrogens is 3. The average molecular weight is 585 g/mol. The number of benzene rings is 1. The largest absolute Gasteiger partial charge is 0.378 e. The summed E-state index contributed by atoms with van der Waals surface area (Å²) in [5.41, 5.74) is 5.23. The first-order chi connectivity index (χ1) is 18.8. The number of nitrogens with zero attached hydrogens (tertiary/aromatic N) is 6. The summed E-state index contributed by atoms with van der Waals surface area (Å²) < 4.78 is 32.2. The number of thiophene rings is 1. The van der Waals surface area contributed by atoms with Crippen molar-refractivity contribution in [2.24, 2.45) is 0 Å². The summed E-state index contributed by atoms with van der Waals surface area (Å²) in [4.78, 5) is 21.0. The van der Waals surface area contributed by atoms with Gasteiger partial charge in [-0.1, -0.05) is 23.8 Å². The molecule has 0 amide bonds. The van der Waals surface area contributed by atoms with Crippen molar-refractivity contribution in [1.29, 1.82) is 0 Å². The highest BCUT2D eigenvalue weighted by Gasteiger charge is 2.26. The second kappa shape index (κ2) is 10.8. The van der Waals surface area contributed by atoms with Crippen molar-refractivity contribution in [3.63, 3.8) is 0 Å². The number of fused-ring (bicyclic) bond motifs is 1. The molecule has 1 aromatic carbocycles. The number of anilines is 1. The Hall–Kier alpha value is -2.48. The summed E-state index contributed by atoms with van der Waals surface area (Å²) >= 11 is 3.36. The first kappa shape index (κ1) is 26.7. The van der Waals surface area contributed by atoms with E-state index in [9.17, 15) is 8.42 Å². The molecule has 2 fully saturated rings. The summed E-state index contributed by atoms with van der Waals surface area (Å²) in [6.07, 6.45) is 1.29. The molecular weight excluding hydrogens is 553 g/mol. The lowest BCUT2D eigenvalue weighted by Gasteiger charge is -2.33. The molecule has 0 spiro atoms. The van der Waals surface area contributed by atoms with Gasteiger partial charge in [0.25, 0.3) is 0 Å².